The molecule has 2 rings (SSSR count). The molecule has 1 atom stereocenters. The van der Waals surface area contributed by atoms with Crippen LogP contribution in [0.3, 0.4) is 0 Å². The van der Waals surface area contributed by atoms with Crippen LogP contribution in [0.1, 0.15) is 33.1 Å². The molecule has 3 amide bonds. The molecule has 2 N–H and O–H groups in total. The molecule has 1 saturated heterocycles. The van der Waals surface area contributed by atoms with Crippen LogP contribution in [0.25, 0.3) is 0 Å². The second kappa shape index (κ2) is 8.50. The smallest absolute Gasteiger partial charge is 0.317 e. The lowest BCUT2D eigenvalue weighted by Gasteiger charge is -2.32. The molecule has 0 bridgehead atoms. The lowest BCUT2D eigenvalue weighted by atomic mass is 9.94. The van der Waals surface area contributed by atoms with Crippen LogP contribution in [0.2, 0.25) is 0 Å². The molecule has 0 radical (unpaired) electrons. The Morgan fingerprint density at radius 3 is 2.78 bits per heavy atom. The number of carbonyl (C=O) groups excluding carboxylic acids is 2. The first-order valence-electron chi connectivity index (χ1n) is 8.27. The molecule has 1 aromatic heterocycles. The van der Waals surface area contributed by atoms with Crippen LogP contribution in [-0.2, 0) is 4.79 Å². The fourth-order valence-corrected chi connectivity index (χ4v) is 2.73. The third-order valence-corrected chi connectivity index (χ3v) is 3.91. The van der Waals surface area contributed by atoms with Crippen LogP contribution in [-0.4, -0.2) is 41.5 Å². The molecule has 0 aromatic carbocycles. The van der Waals surface area contributed by atoms with Crippen LogP contribution >= 0.6 is 0 Å². The largest absolute Gasteiger partial charge is 0.338 e. The molecule has 0 unspecified atom stereocenters. The normalized spacial score (nSPS) is 17.9. The summed E-state index contributed by atoms with van der Waals surface area (Å²) in [4.78, 5) is 30.0. The first-order chi connectivity index (χ1) is 11.0. The Balaban J connectivity index is 1.79. The molecule has 1 fully saturated rings. The van der Waals surface area contributed by atoms with Gasteiger partial charge in [-0.3, -0.25) is 9.78 Å². The zero-order valence-electron chi connectivity index (χ0n) is 13.9. The highest BCUT2D eigenvalue weighted by Crippen LogP contribution is 2.20. The van der Waals surface area contributed by atoms with Crippen molar-refractivity contribution in [2.75, 3.05) is 25.0 Å². The van der Waals surface area contributed by atoms with Gasteiger partial charge in [0.1, 0.15) is 0 Å². The molecule has 23 heavy (non-hydrogen) atoms. The summed E-state index contributed by atoms with van der Waals surface area (Å²) in [5.74, 6) is 0.645. The highest BCUT2D eigenvalue weighted by Gasteiger charge is 2.25. The number of hydrogen-bond donors (Lipinski definition) is 2. The second-order valence-corrected chi connectivity index (χ2v) is 6.52. The molecule has 126 valence electrons. The summed E-state index contributed by atoms with van der Waals surface area (Å²) in [6.45, 7) is 6.24. The maximum Gasteiger partial charge on any atom is 0.317 e. The van der Waals surface area contributed by atoms with Gasteiger partial charge in [-0.25, -0.2) is 4.79 Å². The maximum atomic E-state index is 12.1. The summed E-state index contributed by atoms with van der Waals surface area (Å²) >= 11 is 0. The minimum atomic E-state index is -0.0158. The maximum absolute atomic E-state index is 12.1. The van der Waals surface area contributed by atoms with Gasteiger partial charge in [-0.15, -0.1) is 0 Å². The van der Waals surface area contributed by atoms with Crippen molar-refractivity contribution in [2.45, 2.75) is 33.1 Å². The number of hydrogen-bond acceptors (Lipinski definition) is 3. The summed E-state index contributed by atoms with van der Waals surface area (Å²) < 4.78 is 0. The SMILES string of the molecule is CC(C)CNC(=O)N1CCC[C@H](CC(=O)Nc2ccncc2)C1. The lowest BCUT2D eigenvalue weighted by molar-refractivity contribution is -0.117. The number of amides is 3. The van der Waals surface area contributed by atoms with Gasteiger partial charge in [-0.1, -0.05) is 13.8 Å². The molecule has 6 heteroatoms. The summed E-state index contributed by atoms with van der Waals surface area (Å²) in [5, 5.41) is 5.82. The summed E-state index contributed by atoms with van der Waals surface area (Å²) in [6.07, 6.45) is 5.67. The van der Waals surface area contributed by atoms with E-state index in [0.29, 0.717) is 25.4 Å². The number of piperidine rings is 1. The Bertz CT molecular complexity index is 519. The van der Waals surface area contributed by atoms with Gasteiger partial charge in [0, 0.05) is 44.1 Å². The van der Waals surface area contributed by atoms with E-state index in [4.69, 9.17) is 0 Å². The van der Waals surface area contributed by atoms with Crippen molar-refractivity contribution in [3.05, 3.63) is 24.5 Å². The van der Waals surface area contributed by atoms with E-state index in [2.05, 4.69) is 29.5 Å². The summed E-state index contributed by atoms with van der Waals surface area (Å²) in [6, 6.07) is 3.52. The van der Waals surface area contributed by atoms with E-state index in [-0.39, 0.29) is 17.9 Å². The van der Waals surface area contributed by atoms with Gasteiger partial charge in [-0.2, -0.15) is 0 Å². The molecule has 2 heterocycles. The number of nitrogens with zero attached hydrogens (tertiary/aromatic N) is 2. The number of urea groups is 1. The molecule has 0 aliphatic carbocycles. The average molecular weight is 318 g/mol. The molecule has 1 aromatic rings. The Hall–Kier alpha value is -2.11. The molecule has 1 aliphatic rings. The van der Waals surface area contributed by atoms with Crippen molar-refractivity contribution < 1.29 is 9.59 Å². The number of aromatic nitrogens is 1. The molecule has 0 spiro atoms. The first-order valence-corrected chi connectivity index (χ1v) is 8.27. The fourth-order valence-electron chi connectivity index (χ4n) is 2.73. The van der Waals surface area contributed by atoms with Crippen molar-refractivity contribution in [3.63, 3.8) is 0 Å². The molecular formula is C17H26N4O2. The number of pyridine rings is 1. The number of carbonyl (C=O) groups is 2. The van der Waals surface area contributed by atoms with Crippen molar-refractivity contribution in [1.29, 1.82) is 0 Å². The number of nitrogens with one attached hydrogen (secondary N) is 2. The Morgan fingerprint density at radius 1 is 1.35 bits per heavy atom. The third kappa shape index (κ3) is 5.88. The predicted octanol–water partition coefficient (Wildman–Crippen LogP) is 2.49. The van der Waals surface area contributed by atoms with Crippen molar-refractivity contribution >= 4 is 17.6 Å². The van der Waals surface area contributed by atoms with Gasteiger partial charge >= 0.3 is 6.03 Å². The van der Waals surface area contributed by atoms with Crippen LogP contribution < -0.4 is 10.6 Å². The zero-order chi connectivity index (χ0) is 16.7. The Kier molecular flexibility index (Phi) is 6.38. The molecule has 6 nitrogen and oxygen atoms in total. The van der Waals surface area contributed by atoms with Gasteiger partial charge in [0.2, 0.25) is 5.91 Å². The molecule has 0 saturated carbocycles. The van der Waals surface area contributed by atoms with Crippen LogP contribution in [0.5, 0.6) is 0 Å². The van der Waals surface area contributed by atoms with E-state index in [0.717, 1.165) is 25.1 Å². The highest BCUT2D eigenvalue weighted by atomic mass is 16.2. The van der Waals surface area contributed by atoms with Gasteiger partial charge in [0.25, 0.3) is 0 Å². The van der Waals surface area contributed by atoms with Gasteiger partial charge in [0.05, 0.1) is 0 Å². The Morgan fingerprint density at radius 2 is 2.09 bits per heavy atom. The number of anilines is 1. The van der Waals surface area contributed by atoms with E-state index < -0.39 is 0 Å². The van der Waals surface area contributed by atoms with Crippen LogP contribution in [0.4, 0.5) is 10.5 Å². The van der Waals surface area contributed by atoms with E-state index >= 15 is 0 Å². The molecule has 1 aliphatic heterocycles. The van der Waals surface area contributed by atoms with E-state index in [1.807, 2.05) is 4.90 Å². The predicted molar refractivity (Wildman–Crippen MR) is 90.0 cm³/mol. The highest BCUT2D eigenvalue weighted by molar-refractivity contribution is 5.90. The fraction of sp³-hybridized carbons (Fsp3) is 0.588. The molecular weight excluding hydrogens is 292 g/mol. The third-order valence-electron chi connectivity index (χ3n) is 3.91. The standard InChI is InChI=1S/C17H26N4O2/c1-13(2)11-19-17(23)21-9-3-4-14(12-21)10-16(22)20-15-5-7-18-8-6-15/h5-8,13-14H,3-4,9-12H2,1-2H3,(H,19,23)(H,18,20,22)/t14-/m1/s1. The van der Waals surface area contributed by atoms with Crippen molar-refractivity contribution in [3.8, 4) is 0 Å². The number of rotatable bonds is 5. The quantitative estimate of drug-likeness (QED) is 0.876. The second-order valence-electron chi connectivity index (χ2n) is 6.52. The average Bonchev–Trinajstić information content (AvgIpc) is 2.53. The van der Waals surface area contributed by atoms with Crippen LogP contribution in [0, 0.1) is 11.8 Å². The Labute approximate surface area is 137 Å². The topological polar surface area (TPSA) is 74.3 Å². The van der Waals surface area contributed by atoms with Gasteiger partial charge in [-0.05, 0) is 36.8 Å². The van der Waals surface area contributed by atoms with E-state index in [1.54, 1.807) is 24.5 Å². The van der Waals surface area contributed by atoms with Crippen LogP contribution in [0.15, 0.2) is 24.5 Å². The lowest BCUT2D eigenvalue weighted by Crippen LogP contribution is -2.46. The van der Waals surface area contributed by atoms with Crippen molar-refractivity contribution in [2.24, 2.45) is 11.8 Å². The minimum Gasteiger partial charge on any atom is -0.338 e. The van der Waals surface area contributed by atoms with E-state index in [1.165, 1.54) is 0 Å². The van der Waals surface area contributed by atoms with Gasteiger partial charge in [0.15, 0.2) is 0 Å². The van der Waals surface area contributed by atoms with Crippen molar-refractivity contribution in [1.82, 2.24) is 15.2 Å². The monoisotopic (exact) mass is 318 g/mol. The zero-order valence-corrected chi connectivity index (χ0v) is 13.9. The summed E-state index contributed by atoms with van der Waals surface area (Å²) in [7, 11) is 0. The van der Waals surface area contributed by atoms with Gasteiger partial charge < -0.3 is 15.5 Å². The number of likely N-dealkylation sites (tertiary alicyclic amines) is 1. The minimum absolute atomic E-state index is 0.00867. The summed E-state index contributed by atoms with van der Waals surface area (Å²) in [5.41, 5.74) is 0.757. The first kappa shape index (κ1) is 17.2. The van der Waals surface area contributed by atoms with E-state index in [9.17, 15) is 9.59 Å².